The van der Waals surface area contributed by atoms with Gasteiger partial charge < -0.3 is 10.6 Å². The number of guanidine groups is 1. The fourth-order valence-electron chi connectivity index (χ4n) is 1.19. The SMILES string of the molecule is CN=C(NCCC(F)(F)F)NCc1ncc(C)s1. The van der Waals surface area contributed by atoms with Crippen LogP contribution in [0.4, 0.5) is 13.2 Å². The summed E-state index contributed by atoms with van der Waals surface area (Å²) in [7, 11) is 1.51. The molecule has 102 valence electrons. The van der Waals surface area contributed by atoms with E-state index in [0.717, 1.165) is 9.88 Å². The first-order valence-corrected chi connectivity index (χ1v) is 6.15. The molecule has 0 spiro atoms. The molecule has 0 unspecified atom stereocenters. The van der Waals surface area contributed by atoms with Crippen molar-refractivity contribution in [3.05, 3.63) is 16.1 Å². The highest BCUT2D eigenvalue weighted by Gasteiger charge is 2.26. The molecule has 0 atom stereocenters. The quantitative estimate of drug-likeness (QED) is 0.655. The summed E-state index contributed by atoms with van der Waals surface area (Å²) in [5.74, 6) is 0.340. The van der Waals surface area contributed by atoms with Gasteiger partial charge in [0.1, 0.15) is 5.01 Å². The van der Waals surface area contributed by atoms with Crippen LogP contribution in [-0.2, 0) is 6.54 Å². The standard InChI is InChI=1S/C10H15F3N4S/c1-7-5-16-8(18-7)6-17-9(14-2)15-4-3-10(11,12)13/h5H,3-4,6H2,1-2H3,(H2,14,15,17). The molecule has 0 amide bonds. The normalized spacial score (nSPS) is 12.6. The number of halogens is 3. The Balaban J connectivity index is 2.30. The van der Waals surface area contributed by atoms with Gasteiger partial charge in [0.15, 0.2) is 5.96 Å². The summed E-state index contributed by atoms with van der Waals surface area (Å²) in [5, 5.41) is 6.37. The fourth-order valence-corrected chi connectivity index (χ4v) is 1.91. The van der Waals surface area contributed by atoms with Gasteiger partial charge in [-0.15, -0.1) is 11.3 Å². The van der Waals surface area contributed by atoms with Gasteiger partial charge in [0, 0.05) is 24.7 Å². The van der Waals surface area contributed by atoms with Gasteiger partial charge in [-0.1, -0.05) is 0 Å². The Labute approximate surface area is 107 Å². The molecule has 0 saturated carbocycles. The monoisotopic (exact) mass is 280 g/mol. The first-order chi connectivity index (χ1) is 8.40. The Morgan fingerprint density at radius 2 is 2.17 bits per heavy atom. The lowest BCUT2D eigenvalue weighted by molar-refractivity contribution is -0.132. The zero-order chi connectivity index (χ0) is 13.6. The predicted molar refractivity (Wildman–Crippen MR) is 65.7 cm³/mol. The van der Waals surface area contributed by atoms with Gasteiger partial charge in [0.25, 0.3) is 0 Å². The van der Waals surface area contributed by atoms with Gasteiger partial charge in [-0.3, -0.25) is 4.99 Å². The topological polar surface area (TPSA) is 49.3 Å². The number of hydrogen-bond acceptors (Lipinski definition) is 3. The molecule has 0 fully saturated rings. The first kappa shape index (κ1) is 14.7. The molecule has 4 nitrogen and oxygen atoms in total. The van der Waals surface area contributed by atoms with Crippen LogP contribution in [0, 0.1) is 6.92 Å². The van der Waals surface area contributed by atoms with Gasteiger partial charge in [0.2, 0.25) is 0 Å². The lowest BCUT2D eigenvalue weighted by atomic mass is 10.4. The molecular weight excluding hydrogens is 265 g/mol. The van der Waals surface area contributed by atoms with Crippen molar-refractivity contribution in [2.75, 3.05) is 13.6 Å². The minimum Gasteiger partial charge on any atom is -0.356 e. The van der Waals surface area contributed by atoms with Crippen molar-refractivity contribution in [1.29, 1.82) is 0 Å². The van der Waals surface area contributed by atoms with Gasteiger partial charge in [0.05, 0.1) is 13.0 Å². The highest BCUT2D eigenvalue weighted by molar-refractivity contribution is 7.11. The lowest BCUT2D eigenvalue weighted by Crippen LogP contribution is -2.38. The molecule has 0 bridgehead atoms. The third kappa shape index (κ3) is 5.85. The predicted octanol–water partition coefficient (Wildman–Crippen LogP) is 2.07. The molecule has 18 heavy (non-hydrogen) atoms. The molecule has 0 aliphatic carbocycles. The van der Waals surface area contributed by atoms with E-state index in [1.165, 1.54) is 18.4 Å². The van der Waals surface area contributed by atoms with E-state index in [0.29, 0.717) is 12.5 Å². The van der Waals surface area contributed by atoms with E-state index < -0.39 is 12.6 Å². The van der Waals surface area contributed by atoms with Crippen LogP contribution >= 0.6 is 11.3 Å². The number of rotatable bonds is 4. The van der Waals surface area contributed by atoms with E-state index in [-0.39, 0.29) is 6.54 Å². The molecule has 2 N–H and O–H groups in total. The van der Waals surface area contributed by atoms with Crippen molar-refractivity contribution in [3.8, 4) is 0 Å². The number of nitrogens with zero attached hydrogens (tertiary/aromatic N) is 2. The maximum Gasteiger partial charge on any atom is 0.390 e. The van der Waals surface area contributed by atoms with Crippen molar-refractivity contribution in [3.63, 3.8) is 0 Å². The molecular formula is C10H15F3N4S. The second-order valence-electron chi connectivity index (χ2n) is 3.58. The van der Waals surface area contributed by atoms with Crippen molar-refractivity contribution in [1.82, 2.24) is 15.6 Å². The zero-order valence-corrected chi connectivity index (χ0v) is 11.0. The third-order valence-electron chi connectivity index (χ3n) is 2.00. The van der Waals surface area contributed by atoms with E-state index in [4.69, 9.17) is 0 Å². The smallest absolute Gasteiger partial charge is 0.356 e. The average Bonchev–Trinajstić information content (AvgIpc) is 2.67. The Morgan fingerprint density at radius 3 is 2.67 bits per heavy atom. The van der Waals surface area contributed by atoms with Crippen LogP contribution in [0.25, 0.3) is 0 Å². The van der Waals surface area contributed by atoms with Crippen LogP contribution in [0.5, 0.6) is 0 Å². The van der Waals surface area contributed by atoms with Crippen LogP contribution in [0.15, 0.2) is 11.2 Å². The number of aliphatic imine (C=N–C) groups is 1. The second kappa shape index (κ2) is 6.58. The largest absolute Gasteiger partial charge is 0.390 e. The molecule has 0 aliphatic heterocycles. The summed E-state index contributed by atoms with van der Waals surface area (Å²) in [6, 6.07) is 0. The maximum atomic E-state index is 12.0. The Morgan fingerprint density at radius 1 is 1.44 bits per heavy atom. The summed E-state index contributed by atoms with van der Waals surface area (Å²) in [5.41, 5.74) is 0. The third-order valence-corrected chi connectivity index (χ3v) is 2.91. The van der Waals surface area contributed by atoms with Crippen LogP contribution in [0.3, 0.4) is 0 Å². The number of alkyl halides is 3. The Hall–Kier alpha value is -1.31. The van der Waals surface area contributed by atoms with E-state index in [1.807, 2.05) is 6.92 Å². The highest BCUT2D eigenvalue weighted by atomic mass is 32.1. The van der Waals surface area contributed by atoms with Crippen molar-refractivity contribution < 1.29 is 13.2 Å². The molecule has 8 heteroatoms. The minimum atomic E-state index is -4.15. The molecule has 0 radical (unpaired) electrons. The van der Waals surface area contributed by atoms with Gasteiger partial charge in [-0.25, -0.2) is 4.98 Å². The summed E-state index contributed by atoms with van der Waals surface area (Å²) in [4.78, 5) is 9.06. The average molecular weight is 280 g/mol. The molecule has 1 aromatic heterocycles. The zero-order valence-electron chi connectivity index (χ0n) is 10.1. The number of hydrogen-bond donors (Lipinski definition) is 2. The van der Waals surface area contributed by atoms with E-state index >= 15 is 0 Å². The summed E-state index contributed by atoms with van der Waals surface area (Å²) in [6.07, 6.45) is -3.29. The van der Waals surface area contributed by atoms with Gasteiger partial charge in [-0.05, 0) is 6.92 Å². The number of nitrogens with one attached hydrogen (secondary N) is 2. The summed E-state index contributed by atoms with van der Waals surface area (Å²) in [6.45, 7) is 2.20. The molecule has 0 aliphatic rings. The van der Waals surface area contributed by atoms with Crippen molar-refractivity contribution >= 4 is 17.3 Å². The maximum absolute atomic E-state index is 12.0. The number of aromatic nitrogens is 1. The Bertz CT molecular complexity index is 400. The first-order valence-electron chi connectivity index (χ1n) is 5.33. The molecule has 1 rings (SSSR count). The van der Waals surface area contributed by atoms with E-state index in [1.54, 1.807) is 6.20 Å². The summed E-state index contributed by atoms with van der Waals surface area (Å²) < 4.78 is 35.9. The van der Waals surface area contributed by atoms with E-state index in [2.05, 4.69) is 20.6 Å². The van der Waals surface area contributed by atoms with Gasteiger partial charge >= 0.3 is 6.18 Å². The van der Waals surface area contributed by atoms with Crippen LogP contribution in [0.2, 0.25) is 0 Å². The van der Waals surface area contributed by atoms with Crippen LogP contribution in [0.1, 0.15) is 16.3 Å². The fraction of sp³-hybridized carbons (Fsp3) is 0.600. The summed E-state index contributed by atoms with van der Waals surface area (Å²) >= 11 is 1.53. The minimum absolute atomic E-state index is 0.194. The van der Waals surface area contributed by atoms with Crippen LogP contribution in [-0.4, -0.2) is 30.7 Å². The van der Waals surface area contributed by atoms with Crippen LogP contribution < -0.4 is 10.6 Å². The molecule has 0 saturated heterocycles. The van der Waals surface area contributed by atoms with Gasteiger partial charge in [-0.2, -0.15) is 13.2 Å². The van der Waals surface area contributed by atoms with E-state index in [9.17, 15) is 13.2 Å². The molecule has 1 aromatic rings. The molecule has 1 heterocycles. The molecule has 0 aromatic carbocycles. The Kier molecular flexibility index (Phi) is 5.39. The van der Waals surface area contributed by atoms with Crippen molar-refractivity contribution in [2.24, 2.45) is 4.99 Å². The highest BCUT2D eigenvalue weighted by Crippen LogP contribution is 2.18. The number of thiazole rings is 1. The lowest BCUT2D eigenvalue weighted by Gasteiger charge is -2.11. The second-order valence-corrected chi connectivity index (χ2v) is 4.90. The number of aryl methyl sites for hydroxylation is 1. The van der Waals surface area contributed by atoms with Crippen molar-refractivity contribution in [2.45, 2.75) is 26.1 Å².